The lowest BCUT2D eigenvalue weighted by Crippen LogP contribution is -2.36. The van der Waals surface area contributed by atoms with Gasteiger partial charge in [0.25, 0.3) is 11.5 Å². The smallest absolute Gasteiger partial charge is 0.277 e. The van der Waals surface area contributed by atoms with Crippen LogP contribution in [0, 0.1) is 5.41 Å². The van der Waals surface area contributed by atoms with Crippen LogP contribution in [0.5, 0.6) is 0 Å². The summed E-state index contributed by atoms with van der Waals surface area (Å²) in [5, 5.41) is 9.60. The van der Waals surface area contributed by atoms with Crippen LogP contribution in [-0.4, -0.2) is 22.6 Å². The van der Waals surface area contributed by atoms with Gasteiger partial charge in [-0.1, -0.05) is 80.6 Å². The molecule has 1 heterocycles. The average molecular weight is 373 g/mol. The predicted molar refractivity (Wildman–Crippen MR) is 112 cm³/mol. The van der Waals surface area contributed by atoms with E-state index in [2.05, 4.69) is 22.1 Å². The number of hydrogen-bond donors (Lipinski definition) is 2. The van der Waals surface area contributed by atoms with E-state index in [-0.39, 0.29) is 11.0 Å². The lowest BCUT2D eigenvalue weighted by atomic mass is 9.93. The Morgan fingerprint density at radius 2 is 1.64 bits per heavy atom. The number of aromatic nitrogens is 2. The Morgan fingerprint density at radius 1 is 1.07 bits per heavy atom. The molecule has 0 saturated heterocycles. The Morgan fingerprint density at radius 3 is 2.21 bits per heavy atom. The van der Waals surface area contributed by atoms with Crippen LogP contribution in [0.2, 0.25) is 0 Å². The van der Waals surface area contributed by atoms with Crippen molar-refractivity contribution in [3.05, 3.63) is 89.2 Å². The molecular formula is C23H23N3O2. The summed E-state index contributed by atoms with van der Waals surface area (Å²) in [5.41, 5.74) is 1.90. The molecule has 5 nitrogen and oxygen atoms in total. The third-order valence-corrected chi connectivity index (χ3v) is 4.58. The molecule has 0 radical (unpaired) electrons. The fraction of sp³-hybridized carbons (Fsp3) is 0.174. The highest BCUT2D eigenvalue weighted by Crippen LogP contribution is 2.31. The molecule has 2 aromatic carbocycles. The summed E-state index contributed by atoms with van der Waals surface area (Å²) < 4.78 is 0. The summed E-state index contributed by atoms with van der Waals surface area (Å²) >= 11 is 0. The van der Waals surface area contributed by atoms with Gasteiger partial charge in [-0.05, 0) is 11.0 Å². The average Bonchev–Trinajstić information content (AvgIpc) is 2.73. The van der Waals surface area contributed by atoms with Crippen molar-refractivity contribution in [3.8, 4) is 22.4 Å². The van der Waals surface area contributed by atoms with Gasteiger partial charge in [0.2, 0.25) is 0 Å². The topological polar surface area (TPSA) is 74.8 Å². The summed E-state index contributed by atoms with van der Waals surface area (Å²) in [5.74, 6) is -0.436. The van der Waals surface area contributed by atoms with Gasteiger partial charge in [-0.2, -0.15) is 5.10 Å². The van der Waals surface area contributed by atoms with Crippen LogP contribution < -0.4 is 10.9 Å². The van der Waals surface area contributed by atoms with E-state index in [1.165, 1.54) is 0 Å². The fourth-order valence-corrected chi connectivity index (χ4v) is 2.83. The molecule has 142 valence electrons. The van der Waals surface area contributed by atoms with E-state index in [0.717, 1.165) is 11.1 Å². The lowest BCUT2D eigenvalue weighted by Gasteiger charge is -2.21. The van der Waals surface area contributed by atoms with Gasteiger partial charge in [0.15, 0.2) is 0 Å². The number of carbonyl (C=O) groups is 1. The van der Waals surface area contributed by atoms with E-state index in [4.69, 9.17) is 0 Å². The maximum Gasteiger partial charge on any atom is 0.277 e. The molecule has 1 amide bonds. The van der Waals surface area contributed by atoms with Gasteiger partial charge < -0.3 is 5.32 Å². The maximum absolute atomic E-state index is 13.0. The van der Waals surface area contributed by atoms with Crippen molar-refractivity contribution in [2.45, 2.75) is 13.8 Å². The second-order valence-corrected chi connectivity index (χ2v) is 7.26. The molecule has 5 heteroatoms. The van der Waals surface area contributed by atoms with Crippen LogP contribution in [0.25, 0.3) is 22.4 Å². The Bertz CT molecular complexity index is 1040. The highest BCUT2D eigenvalue weighted by Gasteiger charge is 2.24. The third-order valence-electron chi connectivity index (χ3n) is 4.58. The summed E-state index contributed by atoms with van der Waals surface area (Å²) in [7, 11) is 0. The van der Waals surface area contributed by atoms with Gasteiger partial charge in [-0.3, -0.25) is 9.59 Å². The molecule has 0 unspecified atom stereocenters. The van der Waals surface area contributed by atoms with Crippen LogP contribution in [0.15, 0.2) is 78.1 Å². The SMILES string of the molecule is C=CC(C)(C)CNC(=O)c1c(-c2ccccc2)c(-c2ccccc2)n[nH]c1=O. The van der Waals surface area contributed by atoms with Crippen molar-refractivity contribution in [2.24, 2.45) is 5.41 Å². The molecule has 0 spiro atoms. The Hall–Kier alpha value is -3.47. The molecule has 0 atom stereocenters. The standard InChI is InChI=1S/C23H23N3O2/c1-4-23(2,3)15-24-21(27)19-18(16-11-7-5-8-12-16)20(25-26-22(19)28)17-13-9-6-10-14-17/h4-14H,1,15H2,2-3H3,(H,24,27)(H,26,28). The molecule has 28 heavy (non-hydrogen) atoms. The number of benzene rings is 2. The van der Waals surface area contributed by atoms with Gasteiger partial charge in [0.1, 0.15) is 5.56 Å². The first-order valence-corrected chi connectivity index (χ1v) is 9.08. The van der Waals surface area contributed by atoms with E-state index >= 15 is 0 Å². The van der Waals surface area contributed by atoms with E-state index in [0.29, 0.717) is 17.8 Å². The number of nitrogens with zero attached hydrogens (tertiary/aromatic N) is 1. The molecule has 0 fully saturated rings. The van der Waals surface area contributed by atoms with Gasteiger partial charge in [-0.15, -0.1) is 6.58 Å². The Balaban J connectivity index is 2.17. The van der Waals surface area contributed by atoms with E-state index in [9.17, 15) is 9.59 Å². The van der Waals surface area contributed by atoms with Crippen molar-refractivity contribution in [1.29, 1.82) is 0 Å². The zero-order chi connectivity index (χ0) is 20.1. The molecule has 0 saturated carbocycles. The van der Waals surface area contributed by atoms with E-state index in [1.54, 1.807) is 6.08 Å². The first-order valence-electron chi connectivity index (χ1n) is 9.08. The van der Waals surface area contributed by atoms with Gasteiger partial charge in [-0.25, -0.2) is 5.10 Å². The van der Waals surface area contributed by atoms with Crippen molar-refractivity contribution in [3.63, 3.8) is 0 Å². The highest BCUT2D eigenvalue weighted by atomic mass is 16.2. The number of carbonyl (C=O) groups excluding carboxylic acids is 1. The first kappa shape index (κ1) is 19.3. The second-order valence-electron chi connectivity index (χ2n) is 7.26. The maximum atomic E-state index is 13.0. The van der Waals surface area contributed by atoms with Crippen LogP contribution in [-0.2, 0) is 0 Å². The molecule has 2 N–H and O–H groups in total. The molecular weight excluding hydrogens is 350 g/mol. The van der Waals surface area contributed by atoms with Gasteiger partial charge in [0.05, 0.1) is 5.69 Å². The zero-order valence-electron chi connectivity index (χ0n) is 16.0. The minimum absolute atomic E-state index is 0.0555. The molecule has 0 aliphatic rings. The molecule has 0 bridgehead atoms. The summed E-state index contributed by atoms with van der Waals surface area (Å²) in [6, 6.07) is 18.8. The number of H-pyrrole nitrogens is 1. The molecule has 3 aromatic rings. The predicted octanol–water partition coefficient (Wildman–Crippen LogP) is 4.05. The number of nitrogens with one attached hydrogen (secondary N) is 2. The number of rotatable bonds is 6. The largest absolute Gasteiger partial charge is 0.351 e. The first-order chi connectivity index (χ1) is 13.4. The third kappa shape index (κ3) is 4.09. The van der Waals surface area contributed by atoms with Crippen LogP contribution in [0.4, 0.5) is 0 Å². The molecule has 0 aliphatic carbocycles. The van der Waals surface area contributed by atoms with Crippen molar-refractivity contribution in [1.82, 2.24) is 15.5 Å². The Kier molecular flexibility index (Phi) is 5.54. The van der Waals surface area contributed by atoms with Crippen LogP contribution >= 0.6 is 0 Å². The van der Waals surface area contributed by atoms with Crippen molar-refractivity contribution in [2.75, 3.05) is 6.54 Å². The van der Waals surface area contributed by atoms with Crippen molar-refractivity contribution < 1.29 is 4.79 Å². The molecule has 0 aliphatic heterocycles. The van der Waals surface area contributed by atoms with Crippen LogP contribution in [0.3, 0.4) is 0 Å². The Labute approximate surface area is 164 Å². The second kappa shape index (κ2) is 8.05. The van der Waals surface area contributed by atoms with E-state index < -0.39 is 11.5 Å². The minimum atomic E-state index is -0.521. The number of hydrogen-bond acceptors (Lipinski definition) is 3. The number of amides is 1. The number of aromatic amines is 1. The van der Waals surface area contributed by atoms with E-state index in [1.807, 2.05) is 74.5 Å². The normalized spacial score (nSPS) is 11.1. The van der Waals surface area contributed by atoms with Gasteiger partial charge in [0, 0.05) is 17.7 Å². The van der Waals surface area contributed by atoms with Crippen molar-refractivity contribution >= 4 is 5.91 Å². The summed E-state index contributed by atoms with van der Waals surface area (Å²) in [6.07, 6.45) is 1.78. The molecule has 1 aromatic heterocycles. The summed E-state index contributed by atoms with van der Waals surface area (Å²) in [4.78, 5) is 25.6. The quantitative estimate of drug-likeness (QED) is 0.640. The van der Waals surface area contributed by atoms with Crippen LogP contribution in [0.1, 0.15) is 24.2 Å². The lowest BCUT2D eigenvalue weighted by molar-refractivity contribution is 0.0942. The molecule has 3 rings (SSSR count). The fourth-order valence-electron chi connectivity index (χ4n) is 2.83. The van der Waals surface area contributed by atoms with Gasteiger partial charge >= 0.3 is 0 Å². The summed E-state index contributed by atoms with van der Waals surface area (Å²) in [6.45, 7) is 8.08. The minimum Gasteiger partial charge on any atom is -0.351 e. The zero-order valence-corrected chi connectivity index (χ0v) is 16.0. The monoisotopic (exact) mass is 373 g/mol. The highest BCUT2D eigenvalue weighted by molar-refractivity contribution is 6.03.